The minimum absolute atomic E-state index is 0.0880. The molecule has 0 bridgehead atoms. The van der Waals surface area contributed by atoms with Crippen LogP contribution in [0.3, 0.4) is 0 Å². The standard InChI is InChI=1S/C8H8F3N/c1-5-6(8(9,10)11)3-2-4-7(5)12/h2-4H,12H2,1H3. The van der Waals surface area contributed by atoms with E-state index in [-0.39, 0.29) is 11.3 Å². The molecule has 1 rings (SSSR count). The molecule has 4 heteroatoms. The van der Waals surface area contributed by atoms with Crippen molar-refractivity contribution in [2.45, 2.75) is 13.1 Å². The first kappa shape index (κ1) is 8.90. The summed E-state index contributed by atoms with van der Waals surface area (Å²) in [6.45, 7) is 1.36. The van der Waals surface area contributed by atoms with Crippen LogP contribution in [-0.2, 0) is 6.18 Å². The summed E-state index contributed by atoms with van der Waals surface area (Å²) < 4.78 is 36.5. The van der Waals surface area contributed by atoms with Crippen LogP contribution in [0.25, 0.3) is 0 Å². The van der Waals surface area contributed by atoms with Gasteiger partial charge in [-0.2, -0.15) is 13.2 Å². The van der Waals surface area contributed by atoms with Gasteiger partial charge in [0, 0.05) is 5.69 Å². The summed E-state index contributed by atoms with van der Waals surface area (Å²) in [4.78, 5) is 0. The molecule has 66 valence electrons. The van der Waals surface area contributed by atoms with Crippen molar-refractivity contribution in [2.75, 3.05) is 5.73 Å². The van der Waals surface area contributed by atoms with Gasteiger partial charge in [-0.25, -0.2) is 0 Å². The lowest BCUT2D eigenvalue weighted by Gasteiger charge is -2.10. The molecule has 2 N–H and O–H groups in total. The summed E-state index contributed by atoms with van der Waals surface area (Å²) in [5.41, 5.74) is 4.91. The maximum absolute atomic E-state index is 12.2. The van der Waals surface area contributed by atoms with Gasteiger partial charge in [0.2, 0.25) is 0 Å². The van der Waals surface area contributed by atoms with E-state index in [1.807, 2.05) is 0 Å². The fourth-order valence-electron chi connectivity index (χ4n) is 0.961. The fraction of sp³-hybridized carbons (Fsp3) is 0.250. The number of rotatable bonds is 0. The summed E-state index contributed by atoms with van der Waals surface area (Å²) in [5.74, 6) is 0. The molecule has 0 aliphatic carbocycles. The van der Waals surface area contributed by atoms with Crippen molar-refractivity contribution >= 4 is 5.69 Å². The first-order valence-electron chi connectivity index (χ1n) is 3.35. The molecular weight excluding hydrogens is 167 g/mol. The summed E-state index contributed by atoms with van der Waals surface area (Å²) in [6.07, 6.45) is -4.31. The van der Waals surface area contributed by atoms with Gasteiger partial charge in [-0.3, -0.25) is 0 Å². The van der Waals surface area contributed by atoms with Crippen LogP contribution in [0.1, 0.15) is 11.1 Å². The van der Waals surface area contributed by atoms with Crippen molar-refractivity contribution in [3.8, 4) is 0 Å². The van der Waals surface area contributed by atoms with E-state index in [2.05, 4.69) is 0 Å². The number of alkyl halides is 3. The molecule has 0 aliphatic rings. The van der Waals surface area contributed by atoms with E-state index >= 15 is 0 Å². The summed E-state index contributed by atoms with van der Waals surface area (Å²) in [7, 11) is 0. The number of nitrogens with two attached hydrogens (primary N) is 1. The SMILES string of the molecule is Cc1c(N)cccc1C(F)(F)F. The van der Waals surface area contributed by atoms with E-state index in [9.17, 15) is 13.2 Å². The molecule has 0 saturated heterocycles. The maximum atomic E-state index is 12.2. The van der Waals surface area contributed by atoms with Crippen molar-refractivity contribution < 1.29 is 13.2 Å². The zero-order valence-electron chi connectivity index (χ0n) is 6.44. The highest BCUT2D eigenvalue weighted by Gasteiger charge is 2.32. The highest BCUT2D eigenvalue weighted by molar-refractivity contribution is 5.50. The van der Waals surface area contributed by atoms with Crippen molar-refractivity contribution in [1.29, 1.82) is 0 Å². The van der Waals surface area contributed by atoms with Crippen molar-refractivity contribution in [3.05, 3.63) is 29.3 Å². The number of benzene rings is 1. The lowest BCUT2D eigenvalue weighted by atomic mass is 10.1. The van der Waals surface area contributed by atoms with Crippen molar-refractivity contribution in [3.63, 3.8) is 0 Å². The summed E-state index contributed by atoms with van der Waals surface area (Å²) in [6, 6.07) is 3.77. The Hall–Kier alpha value is -1.19. The molecule has 0 saturated carbocycles. The Bertz CT molecular complexity index is 291. The average Bonchev–Trinajstić information content (AvgIpc) is 1.92. The Kier molecular flexibility index (Phi) is 2.00. The normalized spacial score (nSPS) is 11.7. The first-order valence-corrected chi connectivity index (χ1v) is 3.35. The second-order valence-electron chi connectivity index (χ2n) is 2.52. The van der Waals surface area contributed by atoms with Crippen LogP contribution in [0.5, 0.6) is 0 Å². The van der Waals surface area contributed by atoms with E-state index in [0.717, 1.165) is 6.07 Å². The topological polar surface area (TPSA) is 26.0 Å². The molecule has 0 aliphatic heterocycles. The van der Waals surface area contributed by atoms with Crippen molar-refractivity contribution in [2.24, 2.45) is 0 Å². The Morgan fingerprint density at radius 3 is 2.25 bits per heavy atom. The van der Waals surface area contributed by atoms with Crippen molar-refractivity contribution in [1.82, 2.24) is 0 Å². The van der Waals surface area contributed by atoms with Gasteiger partial charge in [0.15, 0.2) is 0 Å². The average molecular weight is 175 g/mol. The third-order valence-corrected chi connectivity index (χ3v) is 1.68. The second kappa shape index (κ2) is 2.69. The van der Waals surface area contributed by atoms with Gasteiger partial charge >= 0.3 is 6.18 Å². The zero-order valence-corrected chi connectivity index (χ0v) is 6.44. The van der Waals surface area contributed by atoms with Gasteiger partial charge in [0.25, 0.3) is 0 Å². The third kappa shape index (κ3) is 1.52. The third-order valence-electron chi connectivity index (χ3n) is 1.68. The molecule has 1 aromatic rings. The molecule has 0 spiro atoms. The zero-order chi connectivity index (χ0) is 9.35. The van der Waals surface area contributed by atoms with Crippen LogP contribution in [0.15, 0.2) is 18.2 Å². The van der Waals surface area contributed by atoms with Crippen LogP contribution in [0, 0.1) is 6.92 Å². The van der Waals surface area contributed by atoms with Crippen LogP contribution in [-0.4, -0.2) is 0 Å². The lowest BCUT2D eigenvalue weighted by Crippen LogP contribution is -2.08. The summed E-state index contributed by atoms with van der Waals surface area (Å²) in [5, 5.41) is 0. The molecule has 0 unspecified atom stereocenters. The van der Waals surface area contributed by atoms with Crippen LogP contribution in [0.4, 0.5) is 18.9 Å². The molecule has 0 radical (unpaired) electrons. The monoisotopic (exact) mass is 175 g/mol. The van der Waals surface area contributed by atoms with Gasteiger partial charge < -0.3 is 5.73 Å². The van der Waals surface area contributed by atoms with Gasteiger partial charge in [0.1, 0.15) is 0 Å². The molecule has 0 aromatic heterocycles. The van der Waals surface area contributed by atoms with Crippen LogP contribution >= 0.6 is 0 Å². The smallest absolute Gasteiger partial charge is 0.399 e. The number of hydrogen-bond acceptors (Lipinski definition) is 1. The summed E-state index contributed by atoms with van der Waals surface area (Å²) >= 11 is 0. The predicted octanol–water partition coefficient (Wildman–Crippen LogP) is 2.60. The maximum Gasteiger partial charge on any atom is 0.416 e. The highest BCUT2D eigenvalue weighted by Crippen LogP contribution is 2.33. The van der Waals surface area contributed by atoms with E-state index in [1.165, 1.54) is 19.1 Å². The lowest BCUT2D eigenvalue weighted by molar-refractivity contribution is -0.138. The largest absolute Gasteiger partial charge is 0.416 e. The molecule has 0 heterocycles. The Labute approximate surface area is 68.0 Å². The minimum Gasteiger partial charge on any atom is -0.399 e. The fourth-order valence-corrected chi connectivity index (χ4v) is 0.961. The van der Waals surface area contributed by atoms with Gasteiger partial charge in [0.05, 0.1) is 5.56 Å². The molecule has 1 nitrogen and oxygen atoms in total. The van der Waals surface area contributed by atoms with Gasteiger partial charge in [-0.15, -0.1) is 0 Å². The van der Waals surface area contributed by atoms with Gasteiger partial charge in [-0.05, 0) is 24.6 Å². The number of hydrogen-bond donors (Lipinski definition) is 1. The van der Waals surface area contributed by atoms with Crippen LogP contribution in [0.2, 0.25) is 0 Å². The number of nitrogen functional groups attached to an aromatic ring is 1. The highest BCUT2D eigenvalue weighted by atomic mass is 19.4. The first-order chi connectivity index (χ1) is 5.43. The van der Waals surface area contributed by atoms with Crippen LogP contribution < -0.4 is 5.73 Å². The molecular formula is C8H8F3N. The van der Waals surface area contributed by atoms with E-state index in [4.69, 9.17) is 5.73 Å². The number of halogens is 3. The minimum atomic E-state index is -4.31. The molecule has 0 atom stereocenters. The second-order valence-corrected chi connectivity index (χ2v) is 2.52. The molecule has 0 amide bonds. The molecule has 1 aromatic carbocycles. The Morgan fingerprint density at radius 1 is 1.25 bits per heavy atom. The van der Waals surface area contributed by atoms with E-state index < -0.39 is 11.7 Å². The predicted molar refractivity (Wildman–Crippen MR) is 40.6 cm³/mol. The Morgan fingerprint density at radius 2 is 1.83 bits per heavy atom. The molecule has 0 fully saturated rings. The quantitative estimate of drug-likeness (QED) is 0.602. The van der Waals surface area contributed by atoms with Gasteiger partial charge in [-0.1, -0.05) is 6.07 Å². The Balaban J connectivity index is 3.26. The number of anilines is 1. The molecule has 12 heavy (non-hydrogen) atoms. The van der Waals surface area contributed by atoms with E-state index in [1.54, 1.807) is 0 Å². The van der Waals surface area contributed by atoms with E-state index in [0.29, 0.717) is 0 Å².